The molecule has 4 nitrogen and oxygen atoms in total. The number of nitrogens with one attached hydrogen (secondary N) is 1. The lowest BCUT2D eigenvalue weighted by Crippen LogP contribution is -2.88. The number of benzene rings is 2. The Kier molecular flexibility index (Phi) is 7.60. The molecule has 0 saturated heterocycles. The Morgan fingerprint density at radius 3 is 2.50 bits per heavy atom. The summed E-state index contributed by atoms with van der Waals surface area (Å²) in [5.41, 5.74) is 2.11. The highest BCUT2D eigenvalue weighted by Crippen LogP contribution is 2.18. The molecule has 1 amide bonds. The molecule has 0 saturated carbocycles. The minimum Gasteiger partial charge on any atom is -0.496 e. The molecular formula is C21H28FN2O2+. The Hall–Kier alpha value is -2.40. The van der Waals surface area contributed by atoms with Gasteiger partial charge in [0.15, 0.2) is 6.54 Å². The van der Waals surface area contributed by atoms with E-state index in [0.717, 1.165) is 23.3 Å². The number of hydrogen-bond acceptors (Lipinski definition) is 2. The Morgan fingerprint density at radius 2 is 1.85 bits per heavy atom. The average molecular weight is 359 g/mol. The minimum atomic E-state index is -0.245. The third kappa shape index (κ3) is 5.85. The summed E-state index contributed by atoms with van der Waals surface area (Å²) in [6.07, 6.45) is 0.724. The van der Waals surface area contributed by atoms with Crippen LogP contribution in [0.2, 0.25) is 0 Å². The zero-order chi connectivity index (χ0) is 18.9. The minimum absolute atomic E-state index is 0.00680. The van der Waals surface area contributed by atoms with Crippen LogP contribution in [-0.2, 0) is 11.2 Å². The van der Waals surface area contributed by atoms with Gasteiger partial charge in [0.1, 0.15) is 17.6 Å². The van der Waals surface area contributed by atoms with Gasteiger partial charge in [-0.3, -0.25) is 4.79 Å². The molecule has 2 aromatic rings. The number of nitrogens with two attached hydrogens (primary N) is 1. The van der Waals surface area contributed by atoms with Crippen molar-refractivity contribution in [3.05, 3.63) is 65.5 Å². The van der Waals surface area contributed by atoms with E-state index in [-0.39, 0.29) is 17.8 Å². The Balaban J connectivity index is 1.82. The number of rotatable bonds is 9. The number of ether oxygens (including phenoxy) is 1. The fraction of sp³-hybridized carbons (Fsp3) is 0.381. The van der Waals surface area contributed by atoms with Crippen LogP contribution < -0.4 is 15.4 Å². The van der Waals surface area contributed by atoms with E-state index < -0.39 is 0 Å². The maximum atomic E-state index is 13.1. The first-order chi connectivity index (χ1) is 12.5. The number of para-hydroxylation sites is 1. The summed E-state index contributed by atoms with van der Waals surface area (Å²) in [4.78, 5) is 12.2. The Morgan fingerprint density at radius 1 is 1.15 bits per heavy atom. The molecule has 5 heteroatoms. The number of halogens is 1. The molecule has 2 aromatic carbocycles. The van der Waals surface area contributed by atoms with E-state index in [0.29, 0.717) is 19.0 Å². The third-order valence-corrected chi connectivity index (χ3v) is 4.44. The van der Waals surface area contributed by atoms with Crippen molar-refractivity contribution >= 4 is 5.91 Å². The van der Waals surface area contributed by atoms with Gasteiger partial charge in [-0.05, 0) is 30.2 Å². The second-order valence-corrected chi connectivity index (χ2v) is 6.67. The van der Waals surface area contributed by atoms with E-state index in [9.17, 15) is 9.18 Å². The summed E-state index contributed by atoms with van der Waals surface area (Å²) in [5.74, 6) is 0.921. The highest BCUT2D eigenvalue weighted by Gasteiger charge is 2.20. The van der Waals surface area contributed by atoms with Crippen molar-refractivity contribution in [2.75, 3.05) is 20.2 Å². The van der Waals surface area contributed by atoms with Crippen molar-refractivity contribution < 1.29 is 19.2 Å². The second-order valence-electron chi connectivity index (χ2n) is 6.67. The van der Waals surface area contributed by atoms with E-state index in [4.69, 9.17) is 4.74 Å². The standard InChI is InChI=1S/C21H27FN2O2/c1-15(2)21(17-8-10-18(22)11-9-17)24-14-20(25)23-13-12-16-6-4-5-7-19(16)26-3/h4-11,15,21,24H,12-14H2,1-3H3,(H,23,25)/p+1/t21-/m0/s1. The van der Waals surface area contributed by atoms with Gasteiger partial charge >= 0.3 is 0 Å². The molecule has 0 aliphatic rings. The first kappa shape index (κ1) is 19.9. The average Bonchev–Trinajstić information content (AvgIpc) is 2.63. The van der Waals surface area contributed by atoms with Crippen LogP contribution in [-0.4, -0.2) is 26.1 Å². The third-order valence-electron chi connectivity index (χ3n) is 4.44. The van der Waals surface area contributed by atoms with Crippen molar-refractivity contribution in [2.24, 2.45) is 5.92 Å². The van der Waals surface area contributed by atoms with E-state index in [1.807, 2.05) is 29.6 Å². The lowest BCUT2D eigenvalue weighted by molar-refractivity contribution is -0.692. The molecular weight excluding hydrogens is 331 g/mol. The number of amides is 1. The van der Waals surface area contributed by atoms with Crippen molar-refractivity contribution in [2.45, 2.75) is 26.3 Å². The van der Waals surface area contributed by atoms with Crippen molar-refractivity contribution in [1.29, 1.82) is 0 Å². The first-order valence-corrected chi connectivity index (χ1v) is 8.98. The monoisotopic (exact) mass is 359 g/mol. The molecule has 2 rings (SSSR count). The fourth-order valence-electron chi connectivity index (χ4n) is 3.03. The molecule has 0 radical (unpaired) electrons. The number of methoxy groups -OCH3 is 1. The molecule has 0 heterocycles. The smallest absolute Gasteiger partial charge is 0.275 e. The lowest BCUT2D eigenvalue weighted by Gasteiger charge is -2.19. The van der Waals surface area contributed by atoms with Gasteiger partial charge < -0.3 is 15.4 Å². The molecule has 0 aliphatic carbocycles. The van der Waals surface area contributed by atoms with Crippen LogP contribution >= 0.6 is 0 Å². The van der Waals surface area contributed by atoms with Crippen LogP contribution in [0.25, 0.3) is 0 Å². The number of carbonyl (C=O) groups excluding carboxylic acids is 1. The van der Waals surface area contributed by atoms with Crippen molar-refractivity contribution in [1.82, 2.24) is 5.32 Å². The van der Waals surface area contributed by atoms with Crippen molar-refractivity contribution in [3.63, 3.8) is 0 Å². The van der Waals surface area contributed by atoms with Gasteiger partial charge in [-0.2, -0.15) is 0 Å². The molecule has 0 spiro atoms. The summed E-state index contributed by atoms with van der Waals surface area (Å²) >= 11 is 0. The summed E-state index contributed by atoms with van der Waals surface area (Å²) in [6.45, 7) is 5.11. The van der Waals surface area contributed by atoms with Gasteiger partial charge in [0.25, 0.3) is 5.91 Å². The number of quaternary nitrogens is 1. The van der Waals surface area contributed by atoms with Gasteiger partial charge in [-0.15, -0.1) is 0 Å². The predicted molar refractivity (Wildman–Crippen MR) is 100 cm³/mol. The van der Waals surface area contributed by atoms with Crippen LogP contribution in [0.3, 0.4) is 0 Å². The van der Waals surface area contributed by atoms with Crippen LogP contribution in [0.1, 0.15) is 31.0 Å². The molecule has 3 N–H and O–H groups in total. The molecule has 0 aromatic heterocycles. The van der Waals surface area contributed by atoms with Crippen LogP contribution in [0.5, 0.6) is 5.75 Å². The van der Waals surface area contributed by atoms with Crippen molar-refractivity contribution in [3.8, 4) is 5.75 Å². The van der Waals surface area contributed by atoms with Crippen LogP contribution in [0.15, 0.2) is 48.5 Å². The first-order valence-electron chi connectivity index (χ1n) is 8.98. The van der Waals surface area contributed by atoms with Gasteiger partial charge in [-0.25, -0.2) is 4.39 Å². The SMILES string of the molecule is COc1ccccc1CCNC(=O)C[NH2+][C@H](c1ccc(F)cc1)C(C)C. The van der Waals surface area contributed by atoms with Gasteiger partial charge in [-0.1, -0.05) is 44.2 Å². The lowest BCUT2D eigenvalue weighted by atomic mass is 9.96. The Bertz CT molecular complexity index is 701. The zero-order valence-electron chi connectivity index (χ0n) is 15.7. The van der Waals surface area contributed by atoms with Crippen LogP contribution in [0, 0.1) is 11.7 Å². The number of carbonyl (C=O) groups is 1. The second kappa shape index (κ2) is 9.92. The highest BCUT2D eigenvalue weighted by atomic mass is 19.1. The summed E-state index contributed by atoms with van der Waals surface area (Å²) in [6, 6.07) is 14.4. The fourth-order valence-corrected chi connectivity index (χ4v) is 3.03. The molecule has 0 unspecified atom stereocenters. The maximum Gasteiger partial charge on any atom is 0.275 e. The van der Waals surface area contributed by atoms with Gasteiger partial charge in [0.05, 0.1) is 7.11 Å². The maximum absolute atomic E-state index is 13.1. The predicted octanol–water partition coefficient (Wildman–Crippen LogP) is 2.45. The number of hydrogen-bond donors (Lipinski definition) is 2. The van der Waals surface area contributed by atoms with E-state index in [1.54, 1.807) is 19.2 Å². The molecule has 0 bridgehead atoms. The summed E-state index contributed by atoms with van der Waals surface area (Å²) < 4.78 is 18.4. The summed E-state index contributed by atoms with van der Waals surface area (Å²) in [5, 5.41) is 4.96. The van der Waals surface area contributed by atoms with E-state index >= 15 is 0 Å². The topological polar surface area (TPSA) is 54.9 Å². The molecule has 0 aliphatic heterocycles. The van der Waals surface area contributed by atoms with E-state index in [1.165, 1.54) is 12.1 Å². The Labute approximate surface area is 154 Å². The molecule has 1 atom stereocenters. The molecule has 26 heavy (non-hydrogen) atoms. The van der Waals surface area contributed by atoms with Crippen LogP contribution in [0.4, 0.5) is 4.39 Å². The highest BCUT2D eigenvalue weighted by molar-refractivity contribution is 5.76. The zero-order valence-corrected chi connectivity index (χ0v) is 15.7. The normalized spacial score (nSPS) is 12.0. The van der Waals surface area contributed by atoms with Gasteiger partial charge in [0.2, 0.25) is 0 Å². The quantitative estimate of drug-likeness (QED) is 0.723. The summed E-state index contributed by atoms with van der Waals surface area (Å²) in [7, 11) is 1.65. The molecule has 0 fully saturated rings. The largest absolute Gasteiger partial charge is 0.496 e. The van der Waals surface area contributed by atoms with Gasteiger partial charge in [0, 0.05) is 18.0 Å². The van der Waals surface area contributed by atoms with E-state index in [2.05, 4.69) is 19.2 Å². The molecule has 140 valence electrons.